The first-order chi connectivity index (χ1) is 12.7. The van der Waals surface area contributed by atoms with E-state index in [2.05, 4.69) is 20.3 Å². The summed E-state index contributed by atoms with van der Waals surface area (Å²) in [6.07, 6.45) is 2.52. The Morgan fingerprint density at radius 1 is 1.15 bits per heavy atom. The Morgan fingerprint density at radius 2 is 1.92 bits per heavy atom. The number of aryl methyl sites for hydroxylation is 1. The zero-order valence-corrected chi connectivity index (χ0v) is 15.0. The number of aromatic nitrogens is 3. The lowest BCUT2D eigenvalue weighted by Crippen LogP contribution is -2.34. The number of rotatable bonds is 5. The predicted octanol–water partition coefficient (Wildman–Crippen LogP) is 2.53. The second-order valence-electron chi connectivity index (χ2n) is 6.75. The number of amides is 1. The second-order valence-corrected chi connectivity index (χ2v) is 6.75. The molecule has 0 saturated carbocycles. The normalized spacial score (nSPS) is 14.8. The van der Waals surface area contributed by atoms with Gasteiger partial charge in [-0.15, -0.1) is 0 Å². The van der Waals surface area contributed by atoms with Gasteiger partial charge in [0.1, 0.15) is 5.69 Å². The molecule has 0 radical (unpaired) electrons. The summed E-state index contributed by atoms with van der Waals surface area (Å²) >= 11 is 0. The van der Waals surface area contributed by atoms with E-state index in [4.69, 9.17) is 0 Å². The molecule has 6 nitrogen and oxygen atoms in total. The molecule has 1 N–H and O–H groups in total. The van der Waals surface area contributed by atoms with Crippen molar-refractivity contribution in [2.75, 3.05) is 26.2 Å². The van der Waals surface area contributed by atoms with Gasteiger partial charge in [0.25, 0.3) is 5.91 Å². The van der Waals surface area contributed by atoms with Crippen molar-refractivity contribution in [2.45, 2.75) is 19.8 Å². The summed E-state index contributed by atoms with van der Waals surface area (Å²) in [5, 5.41) is 7.60. The number of carbonyl (C=O) groups is 1. The van der Waals surface area contributed by atoms with Gasteiger partial charge >= 0.3 is 0 Å². The number of likely N-dealkylation sites (tertiary alicyclic amines) is 1. The number of hydrogen-bond donors (Lipinski definition) is 1. The van der Waals surface area contributed by atoms with E-state index >= 15 is 0 Å². The van der Waals surface area contributed by atoms with Gasteiger partial charge in [-0.25, -0.2) is 9.50 Å². The quantitative estimate of drug-likeness (QED) is 0.769. The molecule has 1 aliphatic heterocycles. The first kappa shape index (κ1) is 16.7. The lowest BCUT2D eigenvalue weighted by molar-refractivity contribution is 0.0944. The number of fused-ring (bicyclic) bond motifs is 1. The Balaban J connectivity index is 1.51. The Hall–Kier alpha value is -2.73. The average Bonchev–Trinajstić information content (AvgIpc) is 3.32. The highest BCUT2D eigenvalue weighted by molar-refractivity contribution is 5.92. The average molecular weight is 349 g/mol. The van der Waals surface area contributed by atoms with Crippen molar-refractivity contribution in [2.24, 2.45) is 0 Å². The largest absolute Gasteiger partial charge is 0.349 e. The number of nitrogens with zero attached hydrogens (tertiary/aromatic N) is 4. The van der Waals surface area contributed by atoms with E-state index in [9.17, 15) is 4.79 Å². The lowest BCUT2D eigenvalue weighted by Gasteiger charge is -2.14. The van der Waals surface area contributed by atoms with Gasteiger partial charge < -0.3 is 10.2 Å². The highest BCUT2D eigenvalue weighted by atomic mass is 16.1. The molecule has 4 rings (SSSR count). The topological polar surface area (TPSA) is 62.5 Å². The van der Waals surface area contributed by atoms with Crippen LogP contribution in [-0.4, -0.2) is 51.6 Å². The third-order valence-corrected chi connectivity index (χ3v) is 4.82. The highest BCUT2D eigenvalue weighted by Crippen LogP contribution is 2.19. The molecule has 0 atom stereocenters. The predicted molar refractivity (Wildman–Crippen MR) is 101 cm³/mol. The minimum absolute atomic E-state index is 0.128. The molecule has 0 spiro atoms. The summed E-state index contributed by atoms with van der Waals surface area (Å²) in [6.45, 7) is 5.77. The third kappa shape index (κ3) is 3.46. The first-order valence-corrected chi connectivity index (χ1v) is 9.14. The van der Waals surface area contributed by atoms with Gasteiger partial charge in [-0.2, -0.15) is 5.10 Å². The van der Waals surface area contributed by atoms with Crippen LogP contribution in [0.4, 0.5) is 0 Å². The van der Waals surface area contributed by atoms with Crippen molar-refractivity contribution in [1.29, 1.82) is 0 Å². The number of carbonyl (C=O) groups excluding carboxylic acids is 1. The molecule has 1 aliphatic rings. The molecule has 1 amide bonds. The van der Waals surface area contributed by atoms with Crippen LogP contribution in [0.15, 0.2) is 42.5 Å². The zero-order chi connectivity index (χ0) is 17.9. The fraction of sp³-hybridized carbons (Fsp3) is 0.350. The van der Waals surface area contributed by atoms with Crippen LogP contribution >= 0.6 is 0 Å². The lowest BCUT2D eigenvalue weighted by atomic mass is 10.2. The van der Waals surface area contributed by atoms with Gasteiger partial charge in [0.2, 0.25) is 0 Å². The van der Waals surface area contributed by atoms with Crippen molar-refractivity contribution >= 4 is 11.6 Å². The van der Waals surface area contributed by atoms with Crippen molar-refractivity contribution < 1.29 is 4.79 Å². The minimum Gasteiger partial charge on any atom is -0.349 e. The van der Waals surface area contributed by atoms with E-state index in [0.717, 1.165) is 36.6 Å². The summed E-state index contributed by atoms with van der Waals surface area (Å²) in [5.41, 5.74) is 3.91. The van der Waals surface area contributed by atoms with Crippen LogP contribution in [0.25, 0.3) is 16.9 Å². The monoisotopic (exact) mass is 349 g/mol. The summed E-state index contributed by atoms with van der Waals surface area (Å²) in [7, 11) is 0. The van der Waals surface area contributed by atoms with Crippen LogP contribution in [-0.2, 0) is 0 Å². The van der Waals surface area contributed by atoms with E-state index in [1.807, 2.05) is 43.3 Å². The molecule has 1 aromatic carbocycles. The fourth-order valence-electron chi connectivity index (χ4n) is 3.42. The number of nitrogens with one attached hydrogen (secondary N) is 1. The Labute approximate surface area is 152 Å². The number of hydrogen-bond acceptors (Lipinski definition) is 4. The molecule has 0 bridgehead atoms. The SMILES string of the molecule is Cc1cc(C(=O)NCCN2CCCC2)nc2cc(-c3ccccc3)nn12. The van der Waals surface area contributed by atoms with Gasteiger partial charge in [0, 0.05) is 30.4 Å². The molecule has 26 heavy (non-hydrogen) atoms. The van der Waals surface area contributed by atoms with Gasteiger partial charge in [-0.3, -0.25) is 4.79 Å². The van der Waals surface area contributed by atoms with Gasteiger partial charge in [0.05, 0.1) is 5.69 Å². The van der Waals surface area contributed by atoms with E-state index in [1.54, 1.807) is 10.6 Å². The summed E-state index contributed by atoms with van der Waals surface area (Å²) in [4.78, 5) is 19.4. The molecule has 3 aromatic rings. The number of benzene rings is 1. The zero-order valence-electron chi connectivity index (χ0n) is 15.0. The van der Waals surface area contributed by atoms with Gasteiger partial charge in [-0.1, -0.05) is 30.3 Å². The summed E-state index contributed by atoms with van der Waals surface area (Å²) in [5.74, 6) is -0.128. The molecule has 0 unspecified atom stereocenters. The molecule has 0 aliphatic carbocycles. The van der Waals surface area contributed by atoms with Crippen molar-refractivity contribution in [1.82, 2.24) is 24.8 Å². The maximum absolute atomic E-state index is 12.5. The Bertz CT molecular complexity index is 913. The standard InChI is InChI=1S/C20H23N5O/c1-15-13-18(20(26)21-9-12-24-10-5-6-11-24)22-19-14-17(23-25(15)19)16-7-3-2-4-8-16/h2-4,7-8,13-14H,5-6,9-12H2,1H3,(H,21,26). The van der Waals surface area contributed by atoms with E-state index in [-0.39, 0.29) is 5.91 Å². The van der Waals surface area contributed by atoms with E-state index in [1.165, 1.54) is 12.8 Å². The summed E-state index contributed by atoms with van der Waals surface area (Å²) < 4.78 is 1.78. The highest BCUT2D eigenvalue weighted by Gasteiger charge is 2.15. The molecule has 2 aromatic heterocycles. The molecule has 3 heterocycles. The van der Waals surface area contributed by atoms with Crippen LogP contribution in [0, 0.1) is 6.92 Å². The third-order valence-electron chi connectivity index (χ3n) is 4.82. The molecular weight excluding hydrogens is 326 g/mol. The van der Waals surface area contributed by atoms with Crippen LogP contribution in [0.2, 0.25) is 0 Å². The maximum atomic E-state index is 12.5. The molecular formula is C20H23N5O. The fourth-order valence-corrected chi connectivity index (χ4v) is 3.42. The Kier molecular flexibility index (Phi) is 4.67. The van der Waals surface area contributed by atoms with Crippen molar-refractivity contribution in [3.05, 3.63) is 53.9 Å². The molecule has 6 heteroatoms. The van der Waals surface area contributed by atoms with Crippen LogP contribution < -0.4 is 5.32 Å². The Morgan fingerprint density at radius 3 is 2.69 bits per heavy atom. The van der Waals surface area contributed by atoms with Crippen molar-refractivity contribution in [3.8, 4) is 11.3 Å². The van der Waals surface area contributed by atoms with E-state index < -0.39 is 0 Å². The molecule has 1 fully saturated rings. The summed E-state index contributed by atoms with van der Waals surface area (Å²) in [6, 6.07) is 13.7. The minimum atomic E-state index is -0.128. The van der Waals surface area contributed by atoms with Crippen LogP contribution in [0.5, 0.6) is 0 Å². The van der Waals surface area contributed by atoms with Crippen LogP contribution in [0.1, 0.15) is 29.0 Å². The van der Waals surface area contributed by atoms with Crippen molar-refractivity contribution in [3.63, 3.8) is 0 Å². The second kappa shape index (κ2) is 7.25. The van der Waals surface area contributed by atoms with Gasteiger partial charge in [-0.05, 0) is 38.9 Å². The van der Waals surface area contributed by atoms with Gasteiger partial charge in [0.15, 0.2) is 5.65 Å². The molecule has 1 saturated heterocycles. The molecule has 134 valence electrons. The van der Waals surface area contributed by atoms with Crippen LogP contribution in [0.3, 0.4) is 0 Å². The maximum Gasteiger partial charge on any atom is 0.270 e. The van der Waals surface area contributed by atoms with E-state index in [0.29, 0.717) is 17.9 Å². The first-order valence-electron chi connectivity index (χ1n) is 9.14. The smallest absolute Gasteiger partial charge is 0.270 e.